The number of rotatable bonds is 31. The van der Waals surface area contributed by atoms with Crippen LogP contribution in [0.2, 0.25) is 0 Å². The molecule has 2 atom stereocenters. The summed E-state index contributed by atoms with van der Waals surface area (Å²) in [5.41, 5.74) is 4.21. The summed E-state index contributed by atoms with van der Waals surface area (Å²) in [6.07, 6.45) is 43.6. The van der Waals surface area contributed by atoms with Crippen LogP contribution in [0.3, 0.4) is 0 Å². The number of ether oxygens (including phenoxy) is 1. The summed E-state index contributed by atoms with van der Waals surface area (Å²) in [5.74, 6) is 0.757. The van der Waals surface area contributed by atoms with Crippen LogP contribution >= 0.6 is 0 Å². The van der Waals surface area contributed by atoms with E-state index >= 15 is 0 Å². The van der Waals surface area contributed by atoms with Crippen LogP contribution in [-0.2, 0) is 4.74 Å². The first-order chi connectivity index (χ1) is 18.6. The number of hydrogen-bond donors (Lipinski definition) is 1. The molecule has 0 aromatic carbocycles. The molecule has 1 rings (SSSR count). The van der Waals surface area contributed by atoms with Crippen LogP contribution in [0.1, 0.15) is 213 Å². The predicted octanol–water partition coefficient (Wildman–Crippen LogP) is 8.71. The molecule has 1 aliphatic heterocycles. The molecular weight excluding hydrogens is 542 g/mol. The highest BCUT2D eigenvalue weighted by Gasteiger charge is 2.57. The normalized spacial score (nSPS) is 18.5. The monoisotopic (exact) mass is 615 g/mol. The number of unbranched alkanes of at least 4 members (excludes halogenated alkanes) is 26. The summed E-state index contributed by atoms with van der Waals surface area (Å²) in [5, 5.41) is 0. The molecule has 236 valence electrons. The Morgan fingerprint density at radius 2 is 0.667 bits per heavy atom. The van der Waals surface area contributed by atoms with Crippen molar-refractivity contribution in [3.63, 3.8) is 0 Å². The van der Waals surface area contributed by atoms with E-state index in [4.69, 9.17) is 4.74 Å². The number of quaternary nitrogens is 1. The molecule has 0 radical (unpaired) electrons. The first kappa shape index (κ1) is 39.4. The predicted molar refractivity (Wildman–Crippen MR) is 170 cm³/mol. The van der Waals surface area contributed by atoms with Crippen LogP contribution in [0, 0.1) is 5.92 Å². The van der Waals surface area contributed by atoms with Gasteiger partial charge in [0.15, 0.2) is 0 Å². The molecule has 2 nitrogen and oxygen atoms in total. The minimum absolute atomic E-state index is 0. The summed E-state index contributed by atoms with van der Waals surface area (Å²) >= 11 is 0. The zero-order valence-corrected chi connectivity index (χ0v) is 28.9. The second-order valence-electron chi connectivity index (χ2n) is 13.4. The van der Waals surface area contributed by atoms with Crippen LogP contribution in [0.5, 0.6) is 0 Å². The minimum Gasteiger partial charge on any atom is -1.00 e. The van der Waals surface area contributed by atoms with Crippen molar-refractivity contribution < 1.29 is 27.5 Å². The maximum Gasteiger partial charge on any atom is 0.223 e. The topological polar surface area (TPSA) is 40.2 Å². The second kappa shape index (κ2) is 28.5. The first-order valence-corrected chi connectivity index (χ1v) is 18.1. The Hall–Kier alpha value is 0.400. The fourth-order valence-electron chi connectivity index (χ4n) is 6.50. The van der Waals surface area contributed by atoms with Gasteiger partial charge in [-0.25, -0.2) is 0 Å². The van der Waals surface area contributed by atoms with E-state index in [1.807, 2.05) is 0 Å². The lowest BCUT2D eigenvalue weighted by Gasteiger charge is -2.14. The average molecular weight is 617 g/mol. The Morgan fingerprint density at radius 3 is 0.872 bits per heavy atom. The van der Waals surface area contributed by atoms with Gasteiger partial charge in [-0.2, -0.15) is 0 Å². The molecule has 0 aliphatic carbocycles. The molecule has 3 N–H and O–H groups in total. The summed E-state index contributed by atoms with van der Waals surface area (Å²) in [4.78, 5) is 0. The highest BCUT2D eigenvalue weighted by Crippen LogP contribution is 2.39. The van der Waals surface area contributed by atoms with Crippen molar-refractivity contribution in [3.8, 4) is 0 Å². The largest absolute Gasteiger partial charge is 1.00 e. The van der Waals surface area contributed by atoms with E-state index in [9.17, 15) is 0 Å². The highest BCUT2D eigenvalue weighted by molar-refractivity contribution is 4.92. The van der Waals surface area contributed by atoms with E-state index in [2.05, 4.69) is 26.5 Å². The van der Waals surface area contributed by atoms with Crippen molar-refractivity contribution >= 4 is 0 Å². The van der Waals surface area contributed by atoms with Crippen molar-refractivity contribution in [1.29, 1.82) is 0 Å². The maximum absolute atomic E-state index is 5.99. The van der Waals surface area contributed by atoms with Gasteiger partial charge in [0.1, 0.15) is 6.10 Å². The van der Waals surface area contributed by atoms with Crippen LogP contribution < -0.4 is 22.7 Å². The molecule has 1 heterocycles. The molecule has 0 bridgehead atoms. The lowest BCUT2D eigenvalue weighted by molar-refractivity contribution is -0.464. The molecule has 39 heavy (non-hydrogen) atoms. The maximum atomic E-state index is 5.99. The van der Waals surface area contributed by atoms with Gasteiger partial charge < -0.3 is 27.5 Å². The quantitative estimate of drug-likeness (QED) is 0.0614. The van der Waals surface area contributed by atoms with Crippen molar-refractivity contribution in [2.75, 3.05) is 0 Å². The van der Waals surface area contributed by atoms with Gasteiger partial charge in [0.05, 0.1) is 0 Å². The lowest BCUT2D eigenvalue weighted by Crippen LogP contribution is -3.00. The zero-order valence-electron chi connectivity index (χ0n) is 27.4. The molecule has 1 saturated heterocycles. The SMILES string of the molecule is CCCCCCCCCCCCCCCCC(CCCCCCCCCCCCCCCC)C1OC1(C)[NH3+].[Br-]. The van der Waals surface area contributed by atoms with Crippen molar-refractivity contribution in [2.24, 2.45) is 5.92 Å². The molecule has 0 amide bonds. The van der Waals surface area contributed by atoms with Crippen molar-refractivity contribution in [2.45, 2.75) is 225 Å². The fourth-order valence-corrected chi connectivity index (χ4v) is 6.50. The van der Waals surface area contributed by atoms with Crippen LogP contribution in [0.15, 0.2) is 0 Å². The van der Waals surface area contributed by atoms with Crippen LogP contribution in [0.4, 0.5) is 0 Å². The minimum atomic E-state index is -0.0866. The summed E-state index contributed by atoms with van der Waals surface area (Å²) in [7, 11) is 0. The van der Waals surface area contributed by atoms with Crippen molar-refractivity contribution in [1.82, 2.24) is 0 Å². The third-order valence-electron chi connectivity index (χ3n) is 9.23. The summed E-state index contributed by atoms with van der Waals surface area (Å²) < 4.78 is 5.99. The molecule has 0 aromatic heterocycles. The Labute approximate surface area is 257 Å². The van der Waals surface area contributed by atoms with Crippen LogP contribution in [0.25, 0.3) is 0 Å². The van der Waals surface area contributed by atoms with E-state index < -0.39 is 0 Å². The molecule has 1 fully saturated rings. The molecule has 0 aromatic rings. The van der Waals surface area contributed by atoms with Gasteiger partial charge >= 0.3 is 0 Å². The zero-order chi connectivity index (χ0) is 27.6. The van der Waals surface area contributed by atoms with Gasteiger partial charge in [0, 0.05) is 6.92 Å². The summed E-state index contributed by atoms with van der Waals surface area (Å²) in [6.45, 7) is 6.81. The van der Waals surface area contributed by atoms with E-state index in [0.29, 0.717) is 6.10 Å². The number of halogens is 1. The van der Waals surface area contributed by atoms with Crippen molar-refractivity contribution in [3.05, 3.63) is 0 Å². The number of hydrogen-bond acceptors (Lipinski definition) is 1. The third-order valence-corrected chi connectivity index (χ3v) is 9.23. The molecule has 0 saturated carbocycles. The molecule has 3 heteroatoms. The average Bonchev–Trinajstić information content (AvgIpc) is 3.55. The molecule has 0 spiro atoms. The second-order valence-corrected chi connectivity index (χ2v) is 13.4. The molecular formula is C36H74BrNO. The smallest absolute Gasteiger partial charge is 0.223 e. The van der Waals surface area contributed by atoms with Gasteiger partial charge in [0.2, 0.25) is 5.72 Å². The standard InChI is InChI=1S/C36H73NO.BrH/c1-4-6-8-10-12-14-16-18-20-22-24-26-28-30-32-34(35-36(3,37)38-35)33-31-29-27-25-23-21-19-17-15-13-11-9-7-5-2;/h34-35H,4-33,37H2,1-3H3;1H. The highest BCUT2D eigenvalue weighted by atomic mass is 79.9. The van der Waals surface area contributed by atoms with Gasteiger partial charge in [-0.05, 0) is 18.8 Å². The van der Waals surface area contributed by atoms with Crippen LogP contribution in [-0.4, -0.2) is 11.8 Å². The molecule has 1 aliphatic rings. The number of epoxide rings is 1. The van der Waals surface area contributed by atoms with Gasteiger partial charge in [-0.15, -0.1) is 0 Å². The Balaban J connectivity index is 0.0000144. The van der Waals surface area contributed by atoms with E-state index in [1.54, 1.807) is 0 Å². The van der Waals surface area contributed by atoms with E-state index in [1.165, 1.54) is 193 Å². The van der Waals surface area contributed by atoms with E-state index in [-0.39, 0.29) is 22.7 Å². The Bertz CT molecular complexity index is 451. The lowest BCUT2D eigenvalue weighted by atomic mass is 9.89. The molecule has 2 unspecified atom stereocenters. The fraction of sp³-hybridized carbons (Fsp3) is 1.00. The third kappa shape index (κ3) is 24.7. The summed E-state index contributed by atoms with van der Waals surface area (Å²) in [6, 6.07) is 0. The van der Waals surface area contributed by atoms with E-state index in [0.717, 1.165) is 5.92 Å². The Kier molecular flexibility index (Phi) is 28.8. The van der Waals surface area contributed by atoms with Gasteiger partial charge in [-0.3, -0.25) is 0 Å². The van der Waals surface area contributed by atoms with Gasteiger partial charge in [-0.1, -0.05) is 194 Å². The Morgan fingerprint density at radius 1 is 0.462 bits per heavy atom. The first-order valence-electron chi connectivity index (χ1n) is 18.1. The van der Waals surface area contributed by atoms with Gasteiger partial charge in [0.25, 0.3) is 0 Å².